The number of carbonyl (C=O) groups excluding carboxylic acids is 1. The van der Waals surface area contributed by atoms with Gasteiger partial charge in [0, 0.05) is 15.6 Å². The van der Waals surface area contributed by atoms with Crippen LogP contribution in [0.15, 0.2) is 72.3 Å². The Labute approximate surface area is 220 Å². The van der Waals surface area contributed by atoms with E-state index in [1.54, 1.807) is 37.3 Å². The number of aromatic nitrogens is 1. The van der Waals surface area contributed by atoms with Crippen molar-refractivity contribution in [2.75, 3.05) is 11.4 Å². The van der Waals surface area contributed by atoms with Gasteiger partial charge in [0.2, 0.25) is 10.0 Å². The molecule has 186 valence electrons. The lowest BCUT2D eigenvalue weighted by Crippen LogP contribution is -2.32. The van der Waals surface area contributed by atoms with E-state index in [2.05, 4.69) is 15.8 Å². The van der Waals surface area contributed by atoms with Crippen molar-refractivity contribution in [2.24, 2.45) is 0 Å². The highest BCUT2D eigenvalue weighted by molar-refractivity contribution is 7.89. The van der Waals surface area contributed by atoms with E-state index in [9.17, 15) is 13.2 Å². The Morgan fingerprint density at radius 2 is 1.94 bits per heavy atom. The van der Waals surface area contributed by atoms with Gasteiger partial charge in [0.25, 0.3) is 5.91 Å². The van der Waals surface area contributed by atoms with Crippen molar-refractivity contribution < 1.29 is 13.2 Å². The molecule has 2 aromatic carbocycles. The maximum Gasteiger partial charge on any atom is 0.284 e. The average molecular weight is 541 g/mol. The van der Waals surface area contributed by atoms with Crippen LogP contribution in [-0.2, 0) is 15.8 Å². The number of halogens is 1. The van der Waals surface area contributed by atoms with Crippen LogP contribution in [0.2, 0.25) is 5.02 Å². The molecule has 1 heterocycles. The number of thiazole rings is 1. The van der Waals surface area contributed by atoms with Crippen LogP contribution in [0.1, 0.15) is 40.3 Å². The Morgan fingerprint density at radius 1 is 1.22 bits per heavy atom. The second-order valence-electron chi connectivity index (χ2n) is 7.83. The Morgan fingerprint density at radius 3 is 2.56 bits per heavy atom. The van der Waals surface area contributed by atoms with Gasteiger partial charge >= 0.3 is 0 Å². The number of sulfonamides is 1. The fourth-order valence-electron chi connectivity index (χ4n) is 3.40. The topological polar surface area (TPSA) is 103 Å². The molecule has 0 atom stereocenters. The third-order valence-electron chi connectivity index (χ3n) is 5.13. The van der Waals surface area contributed by atoms with Gasteiger partial charge in [-0.15, -0.1) is 11.3 Å². The van der Waals surface area contributed by atoms with Crippen molar-refractivity contribution in [3.63, 3.8) is 0 Å². The molecule has 0 radical (unpaired) electrons. The number of rotatable bonds is 9. The Balaban J connectivity index is 1.90. The Hall–Kier alpha value is -3.45. The van der Waals surface area contributed by atoms with Crippen LogP contribution in [0.4, 0.5) is 10.8 Å². The zero-order chi connectivity index (χ0) is 26.3. The summed E-state index contributed by atoms with van der Waals surface area (Å²) in [6, 6.07) is 15.6. The predicted molar refractivity (Wildman–Crippen MR) is 145 cm³/mol. The van der Waals surface area contributed by atoms with Crippen LogP contribution in [0.3, 0.4) is 0 Å². The molecule has 3 rings (SSSR count). The number of carbonyl (C=O) groups is 1. The number of amides is 1. The lowest BCUT2D eigenvalue weighted by atomic mass is 10.2. The van der Waals surface area contributed by atoms with E-state index < -0.39 is 15.9 Å². The van der Waals surface area contributed by atoms with Gasteiger partial charge in [0.15, 0.2) is 5.13 Å². The minimum Gasteiger partial charge on any atom is -0.313 e. The molecular formula is C26H25ClN4O3S2. The van der Waals surface area contributed by atoms with Crippen molar-refractivity contribution in [1.82, 2.24) is 9.71 Å². The van der Waals surface area contributed by atoms with E-state index in [1.807, 2.05) is 49.1 Å². The summed E-state index contributed by atoms with van der Waals surface area (Å²) in [4.78, 5) is 19.9. The molecule has 36 heavy (non-hydrogen) atoms. The second-order valence-corrected chi connectivity index (χ2v) is 11.2. The Kier molecular flexibility index (Phi) is 9.04. The lowest BCUT2D eigenvalue weighted by Gasteiger charge is -2.22. The summed E-state index contributed by atoms with van der Waals surface area (Å²) in [5.41, 5.74) is 2.83. The molecule has 1 amide bonds. The van der Waals surface area contributed by atoms with E-state index in [0.29, 0.717) is 32.7 Å². The molecule has 0 saturated heterocycles. The molecule has 7 nitrogen and oxygen atoms in total. The molecule has 0 bridgehead atoms. The van der Waals surface area contributed by atoms with Gasteiger partial charge in [-0.05, 0) is 68.3 Å². The monoisotopic (exact) mass is 540 g/mol. The number of hydrogen-bond acceptors (Lipinski definition) is 7. The smallest absolute Gasteiger partial charge is 0.284 e. The van der Waals surface area contributed by atoms with Gasteiger partial charge in [-0.1, -0.05) is 42.0 Å². The third-order valence-corrected chi connectivity index (χ3v) is 7.56. The zero-order valence-corrected chi connectivity index (χ0v) is 22.4. The van der Waals surface area contributed by atoms with Crippen molar-refractivity contribution in [2.45, 2.75) is 26.5 Å². The van der Waals surface area contributed by atoms with Crippen molar-refractivity contribution >= 4 is 49.7 Å². The number of benzene rings is 2. The predicted octanol–water partition coefficient (Wildman–Crippen LogP) is 5.90. The molecule has 0 saturated carbocycles. The van der Waals surface area contributed by atoms with Gasteiger partial charge in [0.1, 0.15) is 5.69 Å². The average Bonchev–Trinajstić information content (AvgIpc) is 3.22. The molecule has 0 spiro atoms. The van der Waals surface area contributed by atoms with Gasteiger partial charge in [-0.2, -0.15) is 5.26 Å². The van der Waals surface area contributed by atoms with E-state index in [0.717, 1.165) is 11.3 Å². The van der Waals surface area contributed by atoms with Crippen LogP contribution in [-0.4, -0.2) is 25.9 Å². The van der Waals surface area contributed by atoms with Gasteiger partial charge < -0.3 is 4.90 Å². The van der Waals surface area contributed by atoms with Gasteiger partial charge in [-0.25, -0.2) is 18.1 Å². The molecule has 0 aliphatic heterocycles. The van der Waals surface area contributed by atoms with E-state index in [-0.39, 0.29) is 11.4 Å². The number of allylic oxidation sites excluding steroid dienone is 2. The first-order valence-electron chi connectivity index (χ1n) is 11.0. The zero-order valence-electron chi connectivity index (χ0n) is 20.0. The third kappa shape index (κ3) is 7.04. The minimum absolute atomic E-state index is 0.0383. The van der Waals surface area contributed by atoms with Crippen molar-refractivity contribution in [3.8, 4) is 6.07 Å². The van der Waals surface area contributed by atoms with E-state index >= 15 is 0 Å². The normalized spacial score (nSPS) is 11.9. The number of hydrogen-bond donors (Lipinski definition) is 1. The number of nitrogens with zero attached hydrogens (tertiary/aromatic N) is 3. The molecule has 3 aromatic rings. The summed E-state index contributed by atoms with van der Waals surface area (Å²) in [5, 5.41) is 10.1. The SMILES string of the molecule is C/C=C\C(=C/C)CN(c1ccc(C#N)cc1)c1nc(C(=O)NS(=O)(=O)Cc2cccc(Cl)c2)c(C)s1. The molecule has 1 aromatic heterocycles. The van der Waals surface area contributed by atoms with E-state index in [1.165, 1.54) is 17.4 Å². The van der Waals surface area contributed by atoms with Gasteiger partial charge in [-0.3, -0.25) is 4.79 Å². The maximum atomic E-state index is 12.9. The first-order chi connectivity index (χ1) is 17.2. The van der Waals surface area contributed by atoms with Crippen LogP contribution in [0.25, 0.3) is 0 Å². The molecule has 0 aliphatic rings. The highest BCUT2D eigenvalue weighted by Gasteiger charge is 2.24. The first kappa shape index (κ1) is 27.1. The highest BCUT2D eigenvalue weighted by atomic mass is 35.5. The quantitative estimate of drug-likeness (QED) is 0.339. The first-order valence-corrected chi connectivity index (χ1v) is 13.8. The van der Waals surface area contributed by atoms with Crippen LogP contribution in [0, 0.1) is 18.3 Å². The minimum atomic E-state index is -3.97. The fourth-order valence-corrected chi connectivity index (χ4v) is 5.61. The number of nitriles is 1. The summed E-state index contributed by atoms with van der Waals surface area (Å²) in [6.07, 6.45) is 5.89. The summed E-state index contributed by atoms with van der Waals surface area (Å²) in [6.45, 7) is 6.05. The lowest BCUT2D eigenvalue weighted by molar-refractivity contribution is 0.0976. The van der Waals surface area contributed by atoms with Gasteiger partial charge in [0.05, 0.1) is 23.9 Å². The number of anilines is 2. The van der Waals surface area contributed by atoms with Crippen LogP contribution in [0.5, 0.6) is 0 Å². The number of nitrogens with one attached hydrogen (secondary N) is 1. The molecule has 0 unspecified atom stereocenters. The molecule has 1 N–H and O–H groups in total. The molecule has 0 aliphatic carbocycles. The largest absolute Gasteiger partial charge is 0.313 e. The summed E-state index contributed by atoms with van der Waals surface area (Å²) in [7, 11) is -3.97. The molecular weight excluding hydrogens is 516 g/mol. The molecule has 10 heteroatoms. The standard InChI is InChI=1S/C26H25ClN4O3S2/c1-4-7-19(5-2)16-31(23-12-10-20(15-28)11-13-23)26-29-24(18(3)35-26)25(32)30-36(33,34)17-21-8-6-9-22(27)14-21/h4-14H,16-17H2,1-3H3,(H,30,32)/b7-4-,19-5+. The van der Waals surface area contributed by atoms with E-state index in [4.69, 9.17) is 16.9 Å². The second kappa shape index (κ2) is 12.0. The molecule has 0 fully saturated rings. The summed E-state index contributed by atoms with van der Waals surface area (Å²) in [5.74, 6) is -1.18. The maximum absolute atomic E-state index is 12.9. The highest BCUT2D eigenvalue weighted by Crippen LogP contribution is 2.33. The summed E-state index contributed by atoms with van der Waals surface area (Å²) >= 11 is 7.23. The Bertz CT molecular complexity index is 1450. The number of aryl methyl sites for hydroxylation is 1. The van der Waals surface area contributed by atoms with Crippen molar-refractivity contribution in [1.29, 1.82) is 5.26 Å². The van der Waals surface area contributed by atoms with Crippen molar-refractivity contribution in [3.05, 3.63) is 99.1 Å². The fraction of sp³-hybridized carbons (Fsp3) is 0.192. The van der Waals surface area contributed by atoms with Crippen LogP contribution < -0.4 is 9.62 Å². The summed E-state index contributed by atoms with van der Waals surface area (Å²) < 4.78 is 27.4. The van der Waals surface area contributed by atoms with Crippen LogP contribution >= 0.6 is 22.9 Å².